The third-order valence-electron chi connectivity index (χ3n) is 7.31. The number of hydrogen-bond donors (Lipinski definition) is 10. The molecule has 9 atom stereocenters. The Morgan fingerprint density at radius 3 is 2.08 bits per heavy atom. The maximum absolute atomic E-state index is 13.4. The van der Waals surface area contributed by atoms with Crippen molar-refractivity contribution in [1.82, 2.24) is 0 Å². The molecule has 2 aliphatic heterocycles. The SMILES string of the molecule is O=c1cc(-c2ccc(O)cc2)oc2c([C@@H]3OC[C@@H](O)[C@@H](O)[C@@H]3O)c(O)c([C@@H]3O[C@@H](CO)[C@@H](O)[C@@H](O)[C@H]3O)c(O)c12. The van der Waals surface area contributed by atoms with Gasteiger partial charge in [-0.2, -0.15) is 0 Å². The molecule has 5 rings (SSSR count). The number of phenolic OH excluding ortho intramolecular Hbond substituents is 3. The molecule has 2 aromatic carbocycles. The standard InChI is InChI=1S/C26H28O14/c27-6-13-18(32)21(35)23(37)26(40-13)15-19(33)14-10(29)5-12(8-1-3-9(28)4-2-8)39-24(14)16(20(15)34)25-22(36)17(31)11(30)7-38-25/h1-5,11,13,17-18,21-23,25-28,30-37H,6-7H2/t11-,13+,17-,18-,21-,22+,23-,25+,26+/m1/s1. The Labute approximate surface area is 224 Å². The van der Waals surface area contributed by atoms with E-state index in [0.29, 0.717) is 5.56 Å². The summed E-state index contributed by atoms with van der Waals surface area (Å²) in [7, 11) is 0. The van der Waals surface area contributed by atoms with Crippen LogP contribution in [-0.4, -0.2) is 107 Å². The van der Waals surface area contributed by atoms with Gasteiger partial charge in [0.05, 0.1) is 24.3 Å². The van der Waals surface area contributed by atoms with Gasteiger partial charge in [0.1, 0.15) is 83.3 Å². The summed E-state index contributed by atoms with van der Waals surface area (Å²) < 4.78 is 16.9. The summed E-state index contributed by atoms with van der Waals surface area (Å²) in [5.41, 5.74) is -2.15. The first-order chi connectivity index (χ1) is 19.0. The first-order valence-corrected chi connectivity index (χ1v) is 12.3. The molecule has 40 heavy (non-hydrogen) atoms. The fourth-order valence-corrected chi connectivity index (χ4v) is 5.11. The largest absolute Gasteiger partial charge is 0.508 e. The van der Waals surface area contributed by atoms with Crippen molar-refractivity contribution < 1.29 is 65.0 Å². The fraction of sp³-hybridized carbons (Fsp3) is 0.423. The summed E-state index contributed by atoms with van der Waals surface area (Å²) in [6, 6.07) is 6.50. The van der Waals surface area contributed by atoms with Gasteiger partial charge in [-0.15, -0.1) is 0 Å². The summed E-state index contributed by atoms with van der Waals surface area (Å²) in [5, 5.41) is 104. The molecule has 14 heteroatoms. The van der Waals surface area contributed by atoms with Crippen LogP contribution in [0.4, 0.5) is 0 Å². The lowest BCUT2D eigenvalue weighted by atomic mass is 9.85. The Balaban J connectivity index is 1.80. The number of benzene rings is 2. The summed E-state index contributed by atoms with van der Waals surface area (Å²) in [5.74, 6) is -2.01. The number of hydrogen-bond acceptors (Lipinski definition) is 14. The highest BCUT2D eigenvalue weighted by atomic mass is 16.5. The van der Waals surface area contributed by atoms with Crippen LogP contribution in [0.1, 0.15) is 23.3 Å². The molecular formula is C26H28O14. The van der Waals surface area contributed by atoms with Crippen LogP contribution < -0.4 is 5.43 Å². The van der Waals surface area contributed by atoms with Gasteiger partial charge in [0.25, 0.3) is 0 Å². The van der Waals surface area contributed by atoms with Crippen LogP contribution in [-0.2, 0) is 9.47 Å². The van der Waals surface area contributed by atoms with E-state index in [-0.39, 0.29) is 11.5 Å². The number of aromatic hydroxyl groups is 3. The third-order valence-corrected chi connectivity index (χ3v) is 7.31. The predicted molar refractivity (Wildman–Crippen MR) is 132 cm³/mol. The molecule has 0 amide bonds. The number of aliphatic hydroxyl groups excluding tert-OH is 7. The maximum atomic E-state index is 13.4. The highest BCUT2D eigenvalue weighted by Crippen LogP contribution is 2.50. The predicted octanol–water partition coefficient (Wildman–Crippen LogP) is -1.75. The van der Waals surface area contributed by atoms with Crippen molar-refractivity contribution in [2.45, 2.75) is 54.9 Å². The molecule has 2 aliphatic rings. The highest BCUT2D eigenvalue weighted by molar-refractivity contribution is 5.92. The van der Waals surface area contributed by atoms with Crippen LogP contribution >= 0.6 is 0 Å². The van der Waals surface area contributed by atoms with Crippen LogP contribution in [0.5, 0.6) is 17.2 Å². The van der Waals surface area contributed by atoms with E-state index in [4.69, 9.17) is 13.9 Å². The molecule has 216 valence electrons. The van der Waals surface area contributed by atoms with Crippen LogP contribution in [0.2, 0.25) is 0 Å². The first-order valence-electron chi connectivity index (χ1n) is 12.3. The molecule has 1 aromatic heterocycles. The van der Waals surface area contributed by atoms with Crippen molar-refractivity contribution in [2.24, 2.45) is 0 Å². The Morgan fingerprint density at radius 1 is 0.775 bits per heavy atom. The van der Waals surface area contributed by atoms with Gasteiger partial charge in [-0.1, -0.05) is 0 Å². The number of aliphatic hydroxyl groups is 7. The minimum atomic E-state index is -1.98. The summed E-state index contributed by atoms with van der Waals surface area (Å²) >= 11 is 0. The lowest BCUT2D eigenvalue weighted by Crippen LogP contribution is -2.55. The zero-order chi connectivity index (χ0) is 29.0. The van der Waals surface area contributed by atoms with Gasteiger partial charge in [0.15, 0.2) is 11.0 Å². The molecule has 0 saturated carbocycles. The lowest BCUT2D eigenvalue weighted by molar-refractivity contribution is -0.232. The molecule has 14 nitrogen and oxygen atoms in total. The number of fused-ring (bicyclic) bond motifs is 1. The summed E-state index contributed by atoms with van der Waals surface area (Å²) in [6.45, 7) is -1.34. The molecule has 2 fully saturated rings. The van der Waals surface area contributed by atoms with Crippen LogP contribution in [0, 0.1) is 0 Å². The van der Waals surface area contributed by atoms with E-state index in [1.165, 1.54) is 24.3 Å². The zero-order valence-corrected chi connectivity index (χ0v) is 20.6. The molecule has 10 N–H and O–H groups in total. The molecule has 2 saturated heterocycles. The average molecular weight is 564 g/mol. The quantitative estimate of drug-likeness (QED) is 0.169. The average Bonchev–Trinajstić information content (AvgIpc) is 2.92. The number of ether oxygens (including phenoxy) is 2. The van der Waals surface area contributed by atoms with Crippen molar-refractivity contribution >= 4 is 11.0 Å². The molecule has 0 aliphatic carbocycles. The van der Waals surface area contributed by atoms with E-state index in [9.17, 15) is 55.9 Å². The van der Waals surface area contributed by atoms with Gasteiger partial charge in [0.2, 0.25) is 0 Å². The first kappa shape index (κ1) is 28.2. The highest BCUT2D eigenvalue weighted by Gasteiger charge is 2.48. The van der Waals surface area contributed by atoms with Crippen LogP contribution in [0.3, 0.4) is 0 Å². The topological polar surface area (TPSA) is 251 Å². The Hall–Kier alpha value is -3.31. The van der Waals surface area contributed by atoms with E-state index < -0.39 is 107 Å². The van der Waals surface area contributed by atoms with Crippen molar-refractivity contribution in [3.05, 3.63) is 51.7 Å². The van der Waals surface area contributed by atoms with Crippen LogP contribution in [0.15, 0.2) is 39.5 Å². The third kappa shape index (κ3) is 4.49. The smallest absolute Gasteiger partial charge is 0.197 e. The lowest BCUT2D eigenvalue weighted by Gasteiger charge is -2.41. The van der Waals surface area contributed by atoms with Crippen molar-refractivity contribution in [3.63, 3.8) is 0 Å². The van der Waals surface area contributed by atoms with Crippen LogP contribution in [0.25, 0.3) is 22.3 Å². The molecular weight excluding hydrogens is 536 g/mol. The van der Waals surface area contributed by atoms with Gasteiger partial charge in [-0.05, 0) is 24.3 Å². The monoisotopic (exact) mass is 564 g/mol. The molecule has 3 heterocycles. The Bertz CT molecular complexity index is 1450. The molecule has 0 radical (unpaired) electrons. The van der Waals surface area contributed by atoms with E-state index >= 15 is 0 Å². The van der Waals surface area contributed by atoms with Crippen molar-refractivity contribution in [1.29, 1.82) is 0 Å². The molecule has 0 unspecified atom stereocenters. The molecule has 0 spiro atoms. The van der Waals surface area contributed by atoms with Gasteiger partial charge < -0.3 is 65.0 Å². The second-order valence-corrected chi connectivity index (χ2v) is 9.80. The van der Waals surface area contributed by atoms with Gasteiger partial charge in [0, 0.05) is 11.6 Å². The number of phenols is 3. The Morgan fingerprint density at radius 2 is 1.43 bits per heavy atom. The van der Waals surface area contributed by atoms with Crippen molar-refractivity contribution in [3.8, 4) is 28.6 Å². The minimum Gasteiger partial charge on any atom is -0.508 e. The summed E-state index contributed by atoms with van der Waals surface area (Å²) in [4.78, 5) is 13.4. The maximum Gasteiger partial charge on any atom is 0.197 e. The van der Waals surface area contributed by atoms with Gasteiger partial charge in [-0.3, -0.25) is 4.79 Å². The van der Waals surface area contributed by atoms with Crippen molar-refractivity contribution in [2.75, 3.05) is 13.2 Å². The van der Waals surface area contributed by atoms with Gasteiger partial charge in [-0.25, -0.2) is 0 Å². The molecule has 0 bridgehead atoms. The van der Waals surface area contributed by atoms with E-state index in [0.717, 1.165) is 6.07 Å². The Kier molecular flexibility index (Phi) is 7.47. The second-order valence-electron chi connectivity index (χ2n) is 9.80. The zero-order valence-electron chi connectivity index (χ0n) is 20.6. The molecule has 3 aromatic rings. The van der Waals surface area contributed by atoms with E-state index in [1.54, 1.807) is 0 Å². The number of rotatable bonds is 4. The van der Waals surface area contributed by atoms with Gasteiger partial charge >= 0.3 is 0 Å². The van der Waals surface area contributed by atoms with E-state index in [1.807, 2.05) is 0 Å². The minimum absolute atomic E-state index is 0.0710. The summed E-state index contributed by atoms with van der Waals surface area (Å²) in [6.07, 6.45) is -15.7. The van der Waals surface area contributed by atoms with E-state index in [2.05, 4.69) is 0 Å². The fourth-order valence-electron chi connectivity index (χ4n) is 5.11. The normalized spacial score (nSPS) is 32.8. The second kappa shape index (κ2) is 10.6.